The molecule has 0 aliphatic heterocycles. The molecule has 0 atom stereocenters. The van der Waals surface area contributed by atoms with Crippen molar-refractivity contribution in [1.29, 1.82) is 0 Å². The molecule has 3 rings (SSSR count). The van der Waals surface area contributed by atoms with Crippen LogP contribution in [0, 0.1) is 20.0 Å². The van der Waals surface area contributed by atoms with Gasteiger partial charge in [0.1, 0.15) is 5.75 Å². The summed E-state index contributed by atoms with van der Waals surface area (Å²) in [7, 11) is 0. The van der Waals surface area contributed by atoms with Crippen LogP contribution in [0.25, 0.3) is 0 Å². The molecule has 0 saturated carbocycles. The second-order valence-electron chi connectivity index (χ2n) is 6.21. The maximum absolute atomic E-state index is 6.34. The Balaban J connectivity index is 2.07. The van der Waals surface area contributed by atoms with Gasteiger partial charge < -0.3 is 4.74 Å². The fourth-order valence-electron chi connectivity index (χ4n) is 3.15. The van der Waals surface area contributed by atoms with E-state index < -0.39 is 0 Å². The molecule has 1 heteroatoms. The molecular formula is C24H23O. The van der Waals surface area contributed by atoms with Crippen molar-refractivity contribution in [2.75, 3.05) is 0 Å². The quantitative estimate of drug-likeness (QED) is 0.502. The fraction of sp³-hybridized carbons (Fsp3) is 0.125. The Hall–Kier alpha value is -2.80. The SMILES string of the molecule is C=CCc1cc(C)c([C](Oc2ccccc2)c2ccccc2)c(C)c1. The van der Waals surface area contributed by atoms with Gasteiger partial charge in [-0.2, -0.15) is 0 Å². The van der Waals surface area contributed by atoms with Gasteiger partial charge in [0, 0.05) is 11.1 Å². The maximum Gasteiger partial charge on any atom is 0.207 e. The number of hydrogen-bond donors (Lipinski definition) is 0. The minimum atomic E-state index is 0.843. The van der Waals surface area contributed by atoms with E-state index >= 15 is 0 Å². The fourth-order valence-corrected chi connectivity index (χ4v) is 3.15. The first-order valence-electron chi connectivity index (χ1n) is 8.55. The minimum Gasteiger partial charge on any atom is -0.473 e. The second-order valence-corrected chi connectivity index (χ2v) is 6.21. The summed E-state index contributed by atoms with van der Waals surface area (Å²) in [6, 6.07) is 24.7. The van der Waals surface area contributed by atoms with Gasteiger partial charge in [0.25, 0.3) is 0 Å². The summed E-state index contributed by atoms with van der Waals surface area (Å²) in [6.45, 7) is 8.14. The lowest BCUT2D eigenvalue weighted by molar-refractivity contribution is 0.373. The highest BCUT2D eigenvalue weighted by molar-refractivity contribution is 5.53. The molecule has 1 nitrogen and oxygen atoms in total. The average Bonchev–Trinajstić information content (AvgIpc) is 2.62. The third kappa shape index (κ3) is 4.00. The average molecular weight is 327 g/mol. The summed E-state index contributed by atoms with van der Waals surface area (Å²) in [4.78, 5) is 0. The molecule has 1 radical (unpaired) electrons. The van der Waals surface area contributed by atoms with Crippen molar-refractivity contribution in [2.45, 2.75) is 20.3 Å². The van der Waals surface area contributed by atoms with Crippen LogP contribution in [0.3, 0.4) is 0 Å². The van der Waals surface area contributed by atoms with Gasteiger partial charge in [-0.25, -0.2) is 0 Å². The summed E-state index contributed by atoms with van der Waals surface area (Å²) in [5.41, 5.74) is 5.94. The standard InChI is InChI=1S/C24H23O/c1-4-11-20-16-18(2)23(19(3)17-20)24(21-12-7-5-8-13-21)25-22-14-9-6-10-15-22/h4-10,12-17H,1,11H2,2-3H3. The van der Waals surface area contributed by atoms with Gasteiger partial charge in [-0.15, -0.1) is 6.58 Å². The second kappa shape index (κ2) is 7.85. The molecule has 0 aliphatic rings. The molecule has 0 saturated heterocycles. The Morgan fingerprint density at radius 2 is 1.44 bits per heavy atom. The van der Waals surface area contributed by atoms with Gasteiger partial charge in [-0.1, -0.05) is 66.7 Å². The van der Waals surface area contributed by atoms with Gasteiger partial charge in [-0.05, 0) is 49.1 Å². The number of rotatable bonds is 6. The van der Waals surface area contributed by atoms with Gasteiger partial charge in [0.2, 0.25) is 6.10 Å². The van der Waals surface area contributed by atoms with E-state index in [2.05, 4.69) is 44.7 Å². The van der Waals surface area contributed by atoms with E-state index in [1.54, 1.807) is 0 Å². The monoisotopic (exact) mass is 327 g/mol. The number of benzene rings is 3. The van der Waals surface area contributed by atoms with Gasteiger partial charge in [0.15, 0.2) is 0 Å². The van der Waals surface area contributed by atoms with Crippen molar-refractivity contribution in [1.82, 2.24) is 0 Å². The van der Waals surface area contributed by atoms with E-state index in [4.69, 9.17) is 4.74 Å². The molecule has 0 aliphatic carbocycles. The predicted molar refractivity (Wildman–Crippen MR) is 105 cm³/mol. The minimum absolute atomic E-state index is 0.843. The van der Waals surface area contributed by atoms with Gasteiger partial charge >= 0.3 is 0 Å². The largest absolute Gasteiger partial charge is 0.473 e. The molecule has 0 fully saturated rings. The molecule has 0 amide bonds. The molecule has 3 aromatic rings. The van der Waals surface area contributed by atoms with Gasteiger partial charge in [-0.3, -0.25) is 0 Å². The van der Waals surface area contributed by atoms with Crippen molar-refractivity contribution >= 4 is 0 Å². The van der Waals surface area contributed by atoms with E-state index in [0.29, 0.717) is 0 Å². The van der Waals surface area contributed by atoms with Crippen molar-refractivity contribution in [3.63, 3.8) is 0 Å². The summed E-state index contributed by atoms with van der Waals surface area (Å²) < 4.78 is 6.34. The lowest BCUT2D eigenvalue weighted by atomic mass is 9.91. The van der Waals surface area contributed by atoms with Crippen LogP contribution in [0.5, 0.6) is 5.75 Å². The highest BCUT2D eigenvalue weighted by Crippen LogP contribution is 2.32. The zero-order valence-corrected chi connectivity index (χ0v) is 14.8. The van der Waals surface area contributed by atoms with Crippen molar-refractivity contribution in [2.24, 2.45) is 0 Å². The first kappa shape index (κ1) is 17.0. The van der Waals surface area contributed by atoms with Crippen molar-refractivity contribution in [3.8, 4) is 5.75 Å². The van der Waals surface area contributed by atoms with Crippen LogP contribution < -0.4 is 4.74 Å². The van der Waals surface area contributed by atoms with Crippen LogP contribution in [0.2, 0.25) is 0 Å². The Kier molecular flexibility index (Phi) is 5.35. The topological polar surface area (TPSA) is 9.23 Å². The molecule has 25 heavy (non-hydrogen) atoms. The normalized spacial score (nSPS) is 10.7. The molecule has 0 unspecified atom stereocenters. The zero-order valence-electron chi connectivity index (χ0n) is 14.8. The highest BCUT2D eigenvalue weighted by Gasteiger charge is 2.22. The number of para-hydroxylation sites is 1. The highest BCUT2D eigenvalue weighted by atomic mass is 16.5. The molecule has 3 aromatic carbocycles. The van der Waals surface area contributed by atoms with E-state index in [1.165, 1.54) is 16.7 Å². The van der Waals surface area contributed by atoms with E-state index in [-0.39, 0.29) is 0 Å². The summed E-state index contributed by atoms with van der Waals surface area (Å²) in [6.07, 6.45) is 3.71. The molecular weight excluding hydrogens is 304 g/mol. The van der Waals surface area contributed by atoms with Crippen molar-refractivity contribution in [3.05, 3.63) is 119 Å². The van der Waals surface area contributed by atoms with Crippen LogP contribution in [0.15, 0.2) is 85.5 Å². The predicted octanol–water partition coefficient (Wildman–Crippen LogP) is 6.04. The smallest absolute Gasteiger partial charge is 0.207 e. The first-order valence-corrected chi connectivity index (χ1v) is 8.55. The first-order chi connectivity index (χ1) is 12.2. The number of allylic oxidation sites excluding steroid dienone is 1. The van der Waals surface area contributed by atoms with E-state index in [1.807, 2.05) is 54.6 Å². The van der Waals surface area contributed by atoms with Crippen LogP contribution >= 0.6 is 0 Å². The Labute approximate surface area is 150 Å². The summed E-state index contributed by atoms with van der Waals surface area (Å²) in [5, 5.41) is 0. The van der Waals surface area contributed by atoms with Gasteiger partial charge in [0.05, 0.1) is 0 Å². The molecule has 0 spiro atoms. The van der Waals surface area contributed by atoms with Crippen LogP contribution in [0.1, 0.15) is 27.8 Å². The maximum atomic E-state index is 6.34. The Morgan fingerprint density at radius 3 is 2.00 bits per heavy atom. The molecule has 0 heterocycles. The van der Waals surface area contributed by atoms with E-state index in [0.717, 1.165) is 29.4 Å². The molecule has 0 aromatic heterocycles. The van der Waals surface area contributed by atoms with Crippen LogP contribution in [0.4, 0.5) is 0 Å². The Bertz CT molecular complexity index is 811. The summed E-state index contributed by atoms with van der Waals surface area (Å²) in [5.74, 6) is 0.843. The van der Waals surface area contributed by atoms with Crippen LogP contribution in [-0.4, -0.2) is 0 Å². The summed E-state index contributed by atoms with van der Waals surface area (Å²) >= 11 is 0. The van der Waals surface area contributed by atoms with Crippen LogP contribution in [-0.2, 0) is 6.42 Å². The Morgan fingerprint density at radius 1 is 0.880 bits per heavy atom. The third-order valence-corrected chi connectivity index (χ3v) is 4.20. The van der Waals surface area contributed by atoms with Crippen molar-refractivity contribution < 1.29 is 4.74 Å². The molecule has 125 valence electrons. The number of ether oxygens (including phenoxy) is 1. The zero-order chi connectivity index (χ0) is 17.6. The van der Waals surface area contributed by atoms with E-state index in [9.17, 15) is 0 Å². The number of hydrogen-bond acceptors (Lipinski definition) is 1. The lowest BCUT2D eigenvalue weighted by Gasteiger charge is -2.23. The lowest BCUT2D eigenvalue weighted by Crippen LogP contribution is -2.14. The third-order valence-electron chi connectivity index (χ3n) is 4.20. The molecule has 0 bridgehead atoms. The number of aryl methyl sites for hydroxylation is 2. The molecule has 0 N–H and O–H groups in total.